The third kappa shape index (κ3) is 12.0. The van der Waals surface area contributed by atoms with Crippen molar-refractivity contribution in [3.8, 4) is 21.9 Å². The fourth-order valence-electron chi connectivity index (χ4n) is 7.12. The van der Waals surface area contributed by atoms with Gasteiger partial charge in [0.1, 0.15) is 6.04 Å². The fraction of sp³-hybridized carbons (Fsp3) is 0.477. The zero-order valence-electron chi connectivity index (χ0n) is 34.3. The van der Waals surface area contributed by atoms with E-state index in [0.717, 1.165) is 64.9 Å². The normalized spacial score (nSPS) is 14.7. The summed E-state index contributed by atoms with van der Waals surface area (Å²) in [6.07, 6.45) is 8.91. The molecule has 58 heavy (non-hydrogen) atoms. The van der Waals surface area contributed by atoms with E-state index in [4.69, 9.17) is 4.74 Å². The Kier molecular flexibility index (Phi) is 15.7. The maximum absolute atomic E-state index is 14.0. The van der Waals surface area contributed by atoms with Crippen LogP contribution in [0.2, 0.25) is 0 Å². The van der Waals surface area contributed by atoms with Gasteiger partial charge in [0.15, 0.2) is 11.5 Å². The van der Waals surface area contributed by atoms with Crippen molar-refractivity contribution in [2.45, 2.75) is 112 Å². The fourth-order valence-corrected chi connectivity index (χ4v) is 7.93. The molecule has 11 nitrogen and oxygen atoms in total. The minimum absolute atomic E-state index is 0.0501. The molecule has 1 aliphatic rings. The molecule has 2 unspecified atom stereocenters. The molecule has 3 heterocycles. The van der Waals surface area contributed by atoms with Crippen molar-refractivity contribution in [3.63, 3.8) is 0 Å². The van der Waals surface area contributed by atoms with Crippen LogP contribution in [-0.4, -0.2) is 71.0 Å². The van der Waals surface area contributed by atoms with Crippen LogP contribution in [-0.2, 0) is 16.1 Å². The lowest BCUT2D eigenvalue weighted by molar-refractivity contribution is -0.142. The van der Waals surface area contributed by atoms with Crippen molar-refractivity contribution in [3.05, 3.63) is 88.3 Å². The molecule has 3 amide bonds. The molecule has 312 valence electrons. The number of halogens is 2. The van der Waals surface area contributed by atoms with E-state index in [9.17, 15) is 23.2 Å². The van der Waals surface area contributed by atoms with E-state index < -0.39 is 24.6 Å². The van der Waals surface area contributed by atoms with Crippen molar-refractivity contribution < 1.29 is 32.6 Å². The number of aryl methyl sites for hydroxylation is 3. The summed E-state index contributed by atoms with van der Waals surface area (Å²) in [6.45, 7) is 10.6. The topological polar surface area (TPSA) is 135 Å². The lowest BCUT2D eigenvalue weighted by Crippen LogP contribution is -2.56. The summed E-state index contributed by atoms with van der Waals surface area (Å²) in [5.41, 5.74) is 7.05. The Hall–Kier alpha value is -4.95. The van der Waals surface area contributed by atoms with Gasteiger partial charge in [0.25, 0.3) is 5.91 Å². The third-order valence-electron chi connectivity index (χ3n) is 10.3. The third-order valence-corrected chi connectivity index (χ3v) is 11.3. The summed E-state index contributed by atoms with van der Waals surface area (Å²) in [7, 11) is 0. The van der Waals surface area contributed by atoms with Crippen LogP contribution < -0.4 is 25.4 Å². The van der Waals surface area contributed by atoms with Crippen molar-refractivity contribution in [2.24, 2.45) is 5.41 Å². The maximum Gasteiger partial charge on any atom is 0.387 e. The Morgan fingerprint density at radius 1 is 0.948 bits per heavy atom. The van der Waals surface area contributed by atoms with Crippen LogP contribution in [0.1, 0.15) is 98.5 Å². The van der Waals surface area contributed by atoms with Gasteiger partial charge in [-0.1, -0.05) is 64.3 Å². The molecule has 3 N–H and O–H groups in total. The van der Waals surface area contributed by atoms with Gasteiger partial charge < -0.3 is 30.3 Å². The number of carbonyl (C=O) groups is 3. The van der Waals surface area contributed by atoms with Crippen molar-refractivity contribution in [2.75, 3.05) is 25.0 Å². The Morgan fingerprint density at radius 2 is 1.66 bits per heavy atom. The van der Waals surface area contributed by atoms with Crippen LogP contribution in [0.15, 0.2) is 60.4 Å². The molecular formula is C44H56F2N6O5S. The number of rotatable bonds is 19. The molecule has 0 radical (unpaired) electrons. The first-order chi connectivity index (χ1) is 27.7. The molecule has 4 aromatic rings. The second-order valence-corrected chi connectivity index (χ2v) is 16.7. The molecule has 1 aliphatic heterocycles. The highest BCUT2D eigenvalue weighted by atomic mass is 32.1. The van der Waals surface area contributed by atoms with Crippen molar-refractivity contribution in [1.82, 2.24) is 25.5 Å². The Morgan fingerprint density at radius 3 is 2.33 bits per heavy atom. The molecule has 14 heteroatoms. The van der Waals surface area contributed by atoms with Crippen LogP contribution in [0.4, 0.5) is 14.5 Å². The lowest BCUT2D eigenvalue weighted by atomic mass is 9.85. The van der Waals surface area contributed by atoms with Gasteiger partial charge in [0, 0.05) is 36.7 Å². The van der Waals surface area contributed by atoms with E-state index >= 15 is 0 Å². The number of nitrogens with one attached hydrogen (secondary N) is 3. The number of hydrogen-bond donors (Lipinski definition) is 3. The summed E-state index contributed by atoms with van der Waals surface area (Å²) in [6, 6.07) is 11.3. The lowest BCUT2D eigenvalue weighted by Gasteiger charge is -2.35. The molecule has 0 bridgehead atoms. The standard InChI is InChI=1S/C44H56F2N6O5S/c1-28-24-47-25-29(2)37(28)51-40(53)33-18-19-35(57-43(45)46)36(23-33)56-22-11-9-7-8-10-20-48-39(44(4,5)6)42(55)52-21-12-13-34(52)41(54)49-26-31-14-16-32(17-15-31)38-30(3)50-27-58-38/h14-19,23-25,27,34,39,43,48H,7-13,20-22,26H2,1-6H3,(H,49,54)(H,47,51,53). The minimum atomic E-state index is -3.04. The number of unbranched alkanes of at least 4 members (excludes halogenated alkanes) is 4. The number of anilines is 1. The Labute approximate surface area is 344 Å². The van der Waals surface area contributed by atoms with E-state index in [-0.39, 0.29) is 40.9 Å². The molecule has 0 aliphatic carbocycles. The number of likely N-dealkylation sites (tertiary alicyclic amines) is 1. The van der Waals surface area contributed by atoms with Gasteiger partial charge >= 0.3 is 6.61 Å². The first kappa shape index (κ1) is 44.2. The number of nitrogens with zero attached hydrogens (tertiary/aromatic N) is 3. The smallest absolute Gasteiger partial charge is 0.387 e. The van der Waals surface area contributed by atoms with E-state index in [2.05, 4.69) is 30.7 Å². The van der Waals surface area contributed by atoms with Crippen LogP contribution in [0.3, 0.4) is 0 Å². The molecule has 1 saturated heterocycles. The summed E-state index contributed by atoms with van der Waals surface area (Å²) < 4.78 is 36.8. The molecule has 1 fully saturated rings. The number of thiazole rings is 1. The van der Waals surface area contributed by atoms with Crippen LogP contribution in [0, 0.1) is 26.2 Å². The SMILES string of the molecule is Cc1cncc(C)c1NC(=O)c1ccc(OC(F)F)c(OCCCCCCCNC(C(=O)N2CCCC2C(=O)NCc2ccc(-c3scnc3C)cc2)C(C)(C)C)c1. The maximum atomic E-state index is 14.0. The van der Waals surface area contributed by atoms with Gasteiger partial charge in [-0.2, -0.15) is 8.78 Å². The van der Waals surface area contributed by atoms with Gasteiger partial charge in [0.05, 0.1) is 28.7 Å². The van der Waals surface area contributed by atoms with Gasteiger partial charge in [0.2, 0.25) is 11.8 Å². The average molecular weight is 819 g/mol. The second kappa shape index (κ2) is 20.6. The quantitative estimate of drug-likeness (QED) is 0.0802. The minimum Gasteiger partial charge on any atom is -0.490 e. The number of alkyl halides is 2. The molecule has 2 aromatic heterocycles. The van der Waals surface area contributed by atoms with Crippen molar-refractivity contribution in [1.29, 1.82) is 0 Å². The average Bonchev–Trinajstić information content (AvgIpc) is 3.85. The zero-order valence-corrected chi connectivity index (χ0v) is 35.1. The first-order valence-electron chi connectivity index (χ1n) is 20.0. The van der Waals surface area contributed by atoms with E-state index in [1.54, 1.807) is 28.6 Å². The van der Waals surface area contributed by atoms with Crippen LogP contribution in [0.25, 0.3) is 10.4 Å². The number of ether oxygens (including phenoxy) is 2. The number of amides is 3. The molecule has 5 rings (SSSR count). The zero-order chi connectivity index (χ0) is 41.8. The predicted molar refractivity (Wildman–Crippen MR) is 223 cm³/mol. The van der Waals surface area contributed by atoms with Crippen LogP contribution >= 0.6 is 11.3 Å². The first-order valence-corrected chi connectivity index (χ1v) is 20.9. The summed E-state index contributed by atoms with van der Waals surface area (Å²) >= 11 is 1.61. The Balaban J connectivity index is 1.04. The molecule has 2 atom stereocenters. The highest BCUT2D eigenvalue weighted by Gasteiger charge is 2.40. The van der Waals surface area contributed by atoms with E-state index in [1.807, 2.05) is 71.3 Å². The number of aromatic nitrogens is 2. The van der Waals surface area contributed by atoms with Gasteiger partial charge in [-0.25, -0.2) is 4.98 Å². The number of carbonyl (C=O) groups excluding carboxylic acids is 3. The van der Waals surface area contributed by atoms with Crippen molar-refractivity contribution >= 4 is 34.7 Å². The summed E-state index contributed by atoms with van der Waals surface area (Å²) in [4.78, 5) is 51.7. The largest absolute Gasteiger partial charge is 0.490 e. The molecule has 2 aromatic carbocycles. The predicted octanol–water partition coefficient (Wildman–Crippen LogP) is 8.63. The monoisotopic (exact) mass is 818 g/mol. The van der Waals surface area contributed by atoms with E-state index in [0.29, 0.717) is 38.2 Å². The van der Waals surface area contributed by atoms with Crippen LogP contribution in [0.5, 0.6) is 11.5 Å². The summed E-state index contributed by atoms with van der Waals surface area (Å²) in [5.74, 6) is -0.652. The molecule has 0 saturated carbocycles. The van der Waals surface area contributed by atoms with Gasteiger partial charge in [-0.3, -0.25) is 19.4 Å². The molecular weight excluding hydrogens is 763 g/mol. The number of benzene rings is 2. The Bertz CT molecular complexity index is 1980. The second-order valence-electron chi connectivity index (χ2n) is 15.9. The highest BCUT2D eigenvalue weighted by Crippen LogP contribution is 2.32. The number of hydrogen-bond acceptors (Lipinski definition) is 9. The van der Waals surface area contributed by atoms with Gasteiger partial charge in [-0.05, 0) is 98.9 Å². The molecule has 0 spiro atoms. The highest BCUT2D eigenvalue weighted by molar-refractivity contribution is 7.13. The summed E-state index contributed by atoms with van der Waals surface area (Å²) in [5, 5.41) is 9.43. The van der Waals surface area contributed by atoms with Gasteiger partial charge in [-0.15, -0.1) is 11.3 Å². The number of pyridine rings is 1. The van der Waals surface area contributed by atoms with E-state index in [1.165, 1.54) is 18.2 Å².